The highest BCUT2D eigenvalue weighted by atomic mass is 35.5. The van der Waals surface area contributed by atoms with Gasteiger partial charge in [-0.25, -0.2) is 4.79 Å². The highest BCUT2D eigenvalue weighted by Gasteiger charge is 2.13. The molecule has 1 amide bonds. The number of halogens is 1. The van der Waals surface area contributed by atoms with Gasteiger partial charge in [0.05, 0.1) is 6.04 Å². The number of nitrogens with one attached hydrogen (secondary N) is 1. The van der Waals surface area contributed by atoms with E-state index in [1.807, 2.05) is 45.0 Å². The van der Waals surface area contributed by atoms with Crippen LogP contribution in [0.1, 0.15) is 29.7 Å². The average Bonchev–Trinajstić information content (AvgIpc) is 2.59. The number of esters is 1. The Balaban J connectivity index is 1.75. The van der Waals surface area contributed by atoms with E-state index in [-0.39, 0.29) is 19.3 Å². The Morgan fingerprint density at radius 1 is 1.12 bits per heavy atom. The maximum absolute atomic E-state index is 11.9. The smallest absolute Gasteiger partial charge is 0.344 e. The van der Waals surface area contributed by atoms with Crippen molar-refractivity contribution in [1.82, 2.24) is 5.32 Å². The Labute approximate surface area is 158 Å². The van der Waals surface area contributed by atoms with Crippen LogP contribution in [0, 0.1) is 13.8 Å². The molecule has 0 aliphatic heterocycles. The predicted molar refractivity (Wildman–Crippen MR) is 100 cm³/mol. The molecular formula is C20H22ClNO4. The summed E-state index contributed by atoms with van der Waals surface area (Å²) in [5.41, 5.74) is 2.92. The van der Waals surface area contributed by atoms with E-state index in [1.54, 1.807) is 18.2 Å². The molecule has 0 spiro atoms. The Morgan fingerprint density at radius 3 is 2.58 bits per heavy atom. The summed E-state index contributed by atoms with van der Waals surface area (Å²) >= 11 is 5.94. The van der Waals surface area contributed by atoms with Crippen molar-refractivity contribution in [2.75, 3.05) is 13.2 Å². The van der Waals surface area contributed by atoms with Gasteiger partial charge < -0.3 is 14.8 Å². The fourth-order valence-electron chi connectivity index (χ4n) is 2.43. The van der Waals surface area contributed by atoms with Gasteiger partial charge in [0.2, 0.25) is 0 Å². The van der Waals surface area contributed by atoms with Gasteiger partial charge in [-0.3, -0.25) is 4.79 Å². The van der Waals surface area contributed by atoms with Crippen molar-refractivity contribution >= 4 is 23.5 Å². The lowest BCUT2D eigenvalue weighted by Crippen LogP contribution is -2.32. The number of ether oxygens (including phenoxy) is 2. The van der Waals surface area contributed by atoms with Gasteiger partial charge >= 0.3 is 5.97 Å². The molecule has 6 heteroatoms. The molecule has 2 aromatic carbocycles. The number of rotatable bonds is 7. The summed E-state index contributed by atoms with van der Waals surface area (Å²) in [6.07, 6.45) is 0. The van der Waals surface area contributed by atoms with E-state index in [2.05, 4.69) is 5.32 Å². The van der Waals surface area contributed by atoms with E-state index < -0.39 is 11.9 Å². The lowest BCUT2D eigenvalue weighted by molar-refractivity contribution is -0.150. The second-order valence-electron chi connectivity index (χ2n) is 6.06. The molecule has 0 heterocycles. The maximum atomic E-state index is 11.9. The molecule has 2 rings (SSSR count). The Hall–Kier alpha value is -2.53. The second kappa shape index (κ2) is 9.25. The van der Waals surface area contributed by atoms with Gasteiger partial charge in [-0.15, -0.1) is 0 Å². The molecule has 0 aromatic heterocycles. The molecule has 0 bridgehead atoms. The quantitative estimate of drug-likeness (QED) is 0.748. The lowest BCUT2D eigenvalue weighted by Gasteiger charge is -2.15. The number of amides is 1. The molecule has 0 fully saturated rings. The minimum absolute atomic E-state index is 0.244. The first-order valence-corrected chi connectivity index (χ1v) is 8.63. The predicted octanol–water partition coefficient (Wildman–Crippen LogP) is 3.76. The molecule has 1 atom stereocenters. The van der Waals surface area contributed by atoms with Crippen LogP contribution >= 0.6 is 11.6 Å². The fraction of sp³-hybridized carbons (Fsp3) is 0.300. The number of benzene rings is 2. The van der Waals surface area contributed by atoms with Gasteiger partial charge in [0.25, 0.3) is 5.91 Å². The molecule has 0 radical (unpaired) electrons. The first-order chi connectivity index (χ1) is 12.3. The van der Waals surface area contributed by atoms with Crippen molar-refractivity contribution in [2.45, 2.75) is 26.8 Å². The van der Waals surface area contributed by atoms with Crippen LogP contribution in [0.25, 0.3) is 0 Å². The molecule has 138 valence electrons. The molecular weight excluding hydrogens is 354 g/mol. The van der Waals surface area contributed by atoms with Gasteiger partial charge in [0.15, 0.2) is 13.2 Å². The summed E-state index contributed by atoms with van der Waals surface area (Å²) in [5.74, 6) is -0.376. The SMILES string of the molecule is Cc1ccc(OCC(=O)OCC(=O)N[C@H](C)c2cccc(Cl)c2)c(C)c1. The zero-order chi connectivity index (χ0) is 19.1. The van der Waals surface area contributed by atoms with Crippen molar-refractivity contribution in [3.8, 4) is 5.75 Å². The summed E-state index contributed by atoms with van der Waals surface area (Å²) in [6.45, 7) is 5.10. The van der Waals surface area contributed by atoms with E-state index >= 15 is 0 Å². The normalized spacial score (nSPS) is 11.5. The summed E-state index contributed by atoms with van der Waals surface area (Å²) < 4.78 is 10.4. The lowest BCUT2D eigenvalue weighted by atomic mass is 10.1. The van der Waals surface area contributed by atoms with Gasteiger partial charge in [0.1, 0.15) is 5.75 Å². The summed E-state index contributed by atoms with van der Waals surface area (Å²) in [5, 5.41) is 3.35. The van der Waals surface area contributed by atoms with E-state index in [4.69, 9.17) is 21.1 Å². The average molecular weight is 376 g/mol. The van der Waals surface area contributed by atoms with Crippen molar-refractivity contribution < 1.29 is 19.1 Å². The number of carbonyl (C=O) groups excluding carboxylic acids is 2. The topological polar surface area (TPSA) is 64.6 Å². The highest BCUT2D eigenvalue weighted by molar-refractivity contribution is 6.30. The Bertz CT molecular complexity index is 791. The standard InChI is InChI=1S/C20H22ClNO4/c1-13-7-8-18(14(2)9-13)25-12-20(24)26-11-19(23)22-15(3)16-5-4-6-17(21)10-16/h4-10,15H,11-12H2,1-3H3,(H,22,23)/t15-/m1/s1. The summed E-state index contributed by atoms with van der Waals surface area (Å²) in [4.78, 5) is 23.7. The molecule has 1 N–H and O–H groups in total. The zero-order valence-corrected chi connectivity index (χ0v) is 15.8. The monoisotopic (exact) mass is 375 g/mol. The van der Waals surface area contributed by atoms with Crippen LogP contribution in [0.3, 0.4) is 0 Å². The van der Waals surface area contributed by atoms with E-state index in [0.717, 1.165) is 16.7 Å². The van der Waals surface area contributed by atoms with E-state index in [0.29, 0.717) is 10.8 Å². The van der Waals surface area contributed by atoms with Crippen molar-refractivity contribution in [3.05, 3.63) is 64.2 Å². The summed E-state index contributed by atoms with van der Waals surface area (Å²) in [6, 6.07) is 12.6. The minimum Gasteiger partial charge on any atom is -0.482 e. The number of carbonyl (C=O) groups is 2. The third-order valence-corrected chi connectivity index (χ3v) is 4.00. The van der Waals surface area contributed by atoms with Crippen LogP contribution < -0.4 is 10.1 Å². The molecule has 0 unspecified atom stereocenters. The van der Waals surface area contributed by atoms with Crippen LogP contribution in [0.2, 0.25) is 5.02 Å². The molecule has 5 nitrogen and oxygen atoms in total. The summed E-state index contributed by atoms with van der Waals surface area (Å²) in [7, 11) is 0. The van der Waals surface area contributed by atoms with Crippen LogP contribution in [0.4, 0.5) is 0 Å². The highest BCUT2D eigenvalue weighted by Crippen LogP contribution is 2.19. The Morgan fingerprint density at radius 2 is 1.88 bits per heavy atom. The molecule has 0 aliphatic carbocycles. The van der Waals surface area contributed by atoms with Crippen LogP contribution in [-0.2, 0) is 14.3 Å². The molecule has 2 aromatic rings. The van der Waals surface area contributed by atoms with Crippen molar-refractivity contribution in [1.29, 1.82) is 0 Å². The third-order valence-electron chi connectivity index (χ3n) is 3.77. The zero-order valence-electron chi connectivity index (χ0n) is 15.0. The largest absolute Gasteiger partial charge is 0.482 e. The van der Waals surface area contributed by atoms with E-state index in [9.17, 15) is 9.59 Å². The fourth-order valence-corrected chi connectivity index (χ4v) is 2.63. The molecule has 0 saturated carbocycles. The van der Waals surface area contributed by atoms with Gasteiger partial charge in [-0.1, -0.05) is 41.4 Å². The number of aryl methyl sites for hydroxylation is 2. The van der Waals surface area contributed by atoms with Gasteiger partial charge in [-0.2, -0.15) is 0 Å². The Kier molecular flexibility index (Phi) is 7.04. The van der Waals surface area contributed by atoms with Gasteiger partial charge in [-0.05, 0) is 50.1 Å². The first kappa shape index (κ1) is 19.8. The van der Waals surface area contributed by atoms with Crippen LogP contribution in [0.5, 0.6) is 5.75 Å². The number of hydrogen-bond acceptors (Lipinski definition) is 4. The second-order valence-corrected chi connectivity index (χ2v) is 6.50. The molecule has 0 saturated heterocycles. The first-order valence-electron chi connectivity index (χ1n) is 8.25. The van der Waals surface area contributed by atoms with Crippen LogP contribution in [-0.4, -0.2) is 25.1 Å². The molecule has 0 aliphatic rings. The van der Waals surface area contributed by atoms with Crippen molar-refractivity contribution in [2.24, 2.45) is 0 Å². The van der Waals surface area contributed by atoms with Crippen molar-refractivity contribution in [3.63, 3.8) is 0 Å². The van der Waals surface area contributed by atoms with Gasteiger partial charge in [0, 0.05) is 5.02 Å². The third kappa shape index (κ3) is 6.08. The molecule has 26 heavy (non-hydrogen) atoms. The maximum Gasteiger partial charge on any atom is 0.344 e. The number of hydrogen-bond donors (Lipinski definition) is 1. The van der Waals surface area contributed by atoms with E-state index in [1.165, 1.54) is 0 Å². The minimum atomic E-state index is -0.601. The van der Waals surface area contributed by atoms with Crippen LogP contribution in [0.15, 0.2) is 42.5 Å².